The molecule has 3 rings (SSSR count). The van der Waals surface area contributed by atoms with Crippen LogP contribution in [0.3, 0.4) is 0 Å². The summed E-state index contributed by atoms with van der Waals surface area (Å²) in [5, 5.41) is 5.48. The second-order valence-electron chi connectivity index (χ2n) is 6.30. The smallest absolute Gasteiger partial charge is 0.239 e. The van der Waals surface area contributed by atoms with Gasteiger partial charge in [0.1, 0.15) is 5.82 Å². The summed E-state index contributed by atoms with van der Waals surface area (Å²) in [7, 11) is 0. The van der Waals surface area contributed by atoms with Gasteiger partial charge < -0.3 is 10.6 Å². The van der Waals surface area contributed by atoms with Crippen molar-refractivity contribution in [3.8, 4) is 0 Å². The molecule has 0 heterocycles. The van der Waals surface area contributed by atoms with Crippen molar-refractivity contribution in [3.63, 3.8) is 0 Å². The maximum atomic E-state index is 12.9. The minimum atomic E-state index is -0.280. The van der Waals surface area contributed by atoms with Crippen LogP contribution in [-0.4, -0.2) is 24.9 Å². The lowest BCUT2D eigenvalue weighted by molar-refractivity contribution is -0.126. The number of benzene rings is 2. The Bertz CT molecular complexity index is 731. The molecule has 4 nitrogen and oxygen atoms in total. The first-order valence-electron chi connectivity index (χ1n) is 8.47. The number of carbonyl (C=O) groups excluding carboxylic acids is 2. The molecule has 2 atom stereocenters. The van der Waals surface area contributed by atoms with Crippen LogP contribution in [0, 0.1) is 11.7 Å². The highest BCUT2D eigenvalue weighted by atomic mass is 19.1. The van der Waals surface area contributed by atoms with Crippen LogP contribution in [0.15, 0.2) is 54.6 Å². The largest absolute Gasteiger partial charge is 0.354 e. The minimum absolute atomic E-state index is 0.0136. The third-order valence-corrected chi connectivity index (χ3v) is 4.43. The topological polar surface area (TPSA) is 58.2 Å². The van der Waals surface area contributed by atoms with Crippen LogP contribution in [0.2, 0.25) is 0 Å². The third-order valence-electron chi connectivity index (χ3n) is 4.43. The van der Waals surface area contributed by atoms with E-state index in [0.29, 0.717) is 6.54 Å². The highest BCUT2D eigenvalue weighted by Gasteiger charge is 2.43. The summed E-state index contributed by atoms with van der Waals surface area (Å²) in [5.41, 5.74) is 2.13. The molecule has 1 aliphatic carbocycles. The van der Waals surface area contributed by atoms with E-state index in [1.807, 2.05) is 30.3 Å². The highest BCUT2D eigenvalue weighted by molar-refractivity contribution is 5.87. The van der Waals surface area contributed by atoms with Crippen molar-refractivity contribution in [1.29, 1.82) is 0 Å². The highest BCUT2D eigenvalue weighted by Crippen LogP contribution is 2.47. The minimum Gasteiger partial charge on any atom is -0.354 e. The number of carbonyl (C=O) groups is 2. The van der Waals surface area contributed by atoms with Gasteiger partial charge in [-0.1, -0.05) is 42.5 Å². The van der Waals surface area contributed by atoms with Crippen LogP contribution in [0.1, 0.15) is 23.5 Å². The zero-order valence-corrected chi connectivity index (χ0v) is 13.9. The van der Waals surface area contributed by atoms with Crippen molar-refractivity contribution >= 4 is 11.8 Å². The Hall–Kier alpha value is -2.69. The standard InChI is InChI=1S/C20H21FN2O2/c21-16-8-6-15(7-9-16)17-12-18(17)20(25)23-13-19(24)22-11-10-14-4-2-1-3-5-14/h1-9,17-18H,10-13H2,(H,22,24)(H,23,25)/t17-,18+/m1/s1. The monoisotopic (exact) mass is 340 g/mol. The molecule has 0 bridgehead atoms. The fourth-order valence-electron chi connectivity index (χ4n) is 2.92. The summed E-state index contributed by atoms with van der Waals surface area (Å²) >= 11 is 0. The van der Waals surface area contributed by atoms with Crippen LogP contribution in [0.5, 0.6) is 0 Å². The predicted octanol–water partition coefficient (Wildman–Crippen LogP) is 2.40. The van der Waals surface area contributed by atoms with Gasteiger partial charge in [0.2, 0.25) is 11.8 Å². The van der Waals surface area contributed by atoms with E-state index in [-0.39, 0.29) is 36.0 Å². The molecule has 5 heteroatoms. The lowest BCUT2D eigenvalue weighted by Gasteiger charge is -2.07. The van der Waals surface area contributed by atoms with Crippen molar-refractivity contribution in [2.45, 2.75) is 18.8 Å². The van der Waals surface area contributed by atoms with Gasteiger partial charge in [0.25, 0.3) is 0 Å². The van der Waals surface area contributed by atoms with Crippen LogP contribution in [-0.2, 0) is 16.0 Å². The maximum absolute atomic E-state index is 12.9. The SMILES string of the molecule is O=C(CNC(=O)[C@H]1C[C@@H]1c1ccc(F)cc1)NCCc1ccccc1. The number of rotatable bonds is 7. The molecule has 2 aromatic carbocycles. The zero-order chi connectivity index (χ0) is 17.6. The molecule has 2 N–H and O–H groups in total. The molecule has 25 heavy (non-hydrogen) atoms. The molecule has 130 valence electrons. The van der Waals surface area contributed by atoms with Crippen LogP contribution in [0.4, 0.5) is 4.39 Å². The van der Waals surface area contributed by atoms with Crippen LogP contribution in [0.25, 0.3) is 0 Å². The Labute approximate surface area is 146 Å². The van der Waals surface area contributed by atoms with Gasteiger partial charge in [0.15, 0.2) is 0 Å². The number of hydrogen-bond donors (Lipinski definition) is 2. The van der Waals surface area contributed by atoms with E-state index in [0.717, 1.165) is 24.0 Å². The van der Waals surface area contributed by atoms with Gasteiger partial charge >= 0.3 is 0 Å². The van der Waals surface area contributed by atoms with Gasteiger partial charge in [-0.15, -0.1) is 0 Å². The molecule has 1 fully saturated rings. The fourth-order valence-corrected chi connectivity index (χ4v) is 2.92. The average Bonchev–Trinajstić information content (AvgIpc) is 3.42. The first-order chi connectivity index (χ1) is 12.1. The summed E-state index contributed by atoms with van der Waals surface area (Å²) in [5.74, 6) is -0.585. The predicted molar refractivity (Wildman–Crippen MR) is 93.4 cm³/mol. The second-order valence-corrected chi connectivity index (χ2v) is 6.30. The Morgan fingerprint density at radius 3 is 2.44 bits per heavy atom. The van der Waals surface area contributed by atoms with Gasteiger partial charge in [-0.25, -0.2) is 4.39 Å². The average molecular weight is 340 g/mol. The van der Waals surface area contributed by atoms with Crippen molar-refractivity contribution < 1.29 is 14.0 Å². The number of nitrogens with one attached hydrogen (secondary N) is 2. The molecule has 2 amide bonds. The first-order valence-corrected chi connectivity index (χ1v) is 8.47. The van der Waals surface area contributed by atoms with Crippen LogP contribution < -0.4 is 10.6 Å². The van der Waals surface area contributed by atoms with Crippen molar-refractivity contribution in [1.82, 2.24) is 10.6 Å². The molecule has 1 saturated carbocycles. The summed E-state index contributed by atoms with van der Waals surface area (Å²) in [6.07, 6.45) is 1.50. The van der Waals surface area contributed by atoms with Gasteiger partial charge in [0, 0.05) is 12.5 Å². The molecule has 0 aromatic heterocycles. The lowest BCUT2D eigenvalue weighted by atomic mass is 10.1. The molecular formula is C20H21FN2O2. The number of amides is 2. The van der Waals surface area contributed by atoms with E-state index in [2.05, 4.69) is 10.6 Å². The molecule has 1 aliphatic rings. The summed E-state index contributed by atoms with van der Waals surface area (Å²) < 4.78 is 12.9. The Kier molecular flexibility index (Phi) is 5.43. The molecule has 0 saturated heterocycles. The summed E-state index contributed by atoms with van der Waals surface area (Å²) in [6, 6.07) is 16.1. The Balaban J connectivity index is 1.35. The van der Waals surface area contributed by atoms with E-state index >= 15 is 0 Å². The van der Waals surface area contributed by atoms with Crippen molar-refractivity contribution in [2.24, 2.45) is 5.92 Å². The quantitative estimate of drug-likeness (QED) is 0.813. The Morgan fingerprint density at radius 2 is 1.72 bits per heavy atom. The Morgan fingerprint density at radius 1 is 1.00 bits per heavy atom. The van der Waals surface area contributed by atoms with Crippen molar-refractivity contribution in [2.75, 3.05) is 13.1 Å². The lowest BCUT2D eigenvalue weighted by Crippen LogP contribution is -2.38. The second kappa shape index (κ2) is 7.92. The molecule has 0 radical (unpaired) electrons. The van der Waals surface area contributed by atoms with E-state index in [1.54, 1.807) is 12.1 Å². The zero-order valence-electron chi connectivity index (χ0n) is 13.9. The molecular weight excluding hydrogens is 319 g/mol. The molecule has 0 spiro atoms. The van der Waals surface area contributed by atoms with E-state index < -0.39 is 0 Å². The number of halogens is 1. The van der Waals surface area contributed by atoms with Gasteiger partial charge in [-0.3, -0.25) is 9.59 Å². The van der Waals surface area contributed by atoms with Gasteiger partial charge in [-0.05, 0) is 42.0 Å². The molecule has 0 unspecified atom stereocenters. The first kappa shape index (κ1) is 17.1. The normalized spacial score (nSPS) is 18.4. The maximum Gasteiger partial charge on any atom is 0.239 e. The molecule has 2 aromatic rings. The van der Waals surface area contributed by atoms with Gasteiger partial charge in [0.05, 0.1) is 6.54 Å². The summed E-state index contributed by atoms with van der Waals surface area (Å²) in [4.78, 5) is 23.9. The molecule has 0 aliphatic heterocycles. The summed E-state index contributed by atoms with van der Waals surface area (Å²) in [6.45, 7) is 0.528. The number of hydrogen-bond acceptors (Lipinski definition) is 2. The van der Waals surface area contributed by atoms with Crippen molar-refractivity contribution in [3.05, 3.63) is 71.5 Å². The van der Waals surface area contributed by atoms with Crippen LogP contribution >= 0.6 is 0 Å². The van der Waals surface area contributed by atoms with E-state index in [9.17, 15) is 14.0 Å². The van der Waals surface area contributed by atoms with Gasteiger partial charge in [-0.2, -0.15) is 0 Å². The third kappa shape index (κ3) is 4.89. The fraction of sp³-hybridized carbons (Fsp3) is 0.300. The van der Waals surface area contributed by atoms with E-state index in [1.165, 1.54) is 12.1 Å². The van der Waals surface area contributed by atoms with E-state index in [4.69, 9.17) is 0 Å².